The van der Waals surface area contributed by atoms with Crippen molar-refractivity contribution < 1.29 is 9.72 Å². The molecule has 0 aliphatic carbocycles. The minimum absolute atomic E-state index is 0.0483. The fourth-order valence-electron chi connectivity index (χ4n) is 1.73. The summed E-state index contributed by atoms with van der Waals surface area (Å²) in [6.07, 6.45) is 0. The number of hydrogen-bond acceptors (Lipinski definition) is 6. The Morgan fingerprint density at radius 2 is 2.19 bits per heavy atom. The van der Waals surface area contributed by atoms with Crippen LogP contribution < -0.4 is 11.1 Å². The van der Waals surface area contributed by atoms with Gasteiger partial charge in [0.05, 0.1) is 4.92 Å². The molecule has 1 aromatic heterocycles. The van der Waals surface area contributed by atoms with E-state index in [9.17, 15) is 14.9 Å². The Bertz CT molecular complexity index is 696. The van der Waals surface area contributed by atoms with Gasteiger partial charge in [0.2, 0.25) is 0 Å². The number of hydrogen-bond donors (Lipinski definition) is 2. The van der Waals surface area contributed by atoms with E-state index in [0.29, 0.717) is 16.9 Å². The molecule has 0 saturated carbocycles. The summed E-state index contributed by atoms with van der Waals surface area (Å²) >= 11 is 0.850. The lowest BCUT2D eigenvalue weighted by atomic mass is 10.1. The maximum Gasteiger partial charge on any atom is 0.349 e. The van der Waals surface area contributed by atoms with Crippen molar-refractivity contribution in [2.45, 2.75) is 19.8 Å². The molecule has 1 heterocycles. The number of benzene rings is 1. The van der Waals surface area contributed by atoms with Gasteiger partial charge in [-0.05, 0) is 29.5 Å². The molecule has 0 bridgehead atoms. The normalized spacial score (nSPS) is 10.6. The first-order valence-electron chi connectivity index (χ1n) is 6.20. The van der Waals surface area contributed by atoms with Crippen molar-refractivity contribution in [3.63, 3.8) is 0 Å². The molecule has 0 unspecified atom stereocenters. The number of aromatic nitrogens is 1. The Hall–Kier alpha value is -2.48. The topological polar surface area (TPSA) is 111 Å². The minimum Gasteiger partial charge on any atom is -0.399 e. The first-order valence-corrected chi connectivity index (χ1v) is 7.02. The third-order valence-electron chi connectivity index (χ3n) is 2.72. The van der Waals surface area contributed by atoms with Crippen molar-refractivity contribution in [1.29, 1.82) is 0 Å². The molecule has 0 atom stereocenters. The number of nitrogens with zero attached hydrogens (tertiary/aromatic N) is 2. The second kappa shape index (κ2) is 5.88. The van der Waals surface area contributed by atoms with Crippen LogP contribution in [0.4, 0.5) is 15.8 Å². The highest BCUT2D eigenvalue weighted by Crippen LogP contribution is 2.34. The number of thiazole rings is 1. The van der Waals surface area contributed by atoms with Crippen LogP contribution in [-0.2, 0) is 0 Å². The van der Waals surface area contributed by atoms with E-state index in [1.165, 1.54) is 6.07 Å². The quantitative estimate of drug-likeness (QED) is 0.512. The SMILES string of the molecule is CC(C)c1nc(NC(=O)c2cccc(N)c2)sc1[N+](=O)[O-]. The molecule has 3 N–H and O–H groups in total. The first-order chi connectivity index (χ1) is 9.88. The predicted octanol–water partition coefficient (Wildman–Crippen LogP) is 3.01. The molecule has 21 heavy (non-hydrogen) atoms. The third-order valence-corrected chi connectivity index (χ3v) is 3.65. The number of nitrogens with two attached hydrogens (primary N) is 1. The summed E-state index contributed by atoms with van der Waals surface area (Å²) in [5.74, 6) is -0.499. The lowest BCUT2D eigenvalue weighted by molar-refractivity contribution is -0.381. The van der Waals surface area contributed by atoms with Gasteiger partial charge < -0.3 is 5.73 Å². The van der Waals surface area contributed by atoms with E-state index < -0.39 is 10.8 Å². The number of carbonyl (C=O) groups excluding carboxylic acids is 1. The van der Waals surface area contributed by atoms with Crippen LogP contribution in [0.1, 0.15) is 35.8 Å². The number of rotatable bonds is 4. The molecule has 2 aromatic rings. The second-order valence-electron chi connectivity index (χ2n) is 4.70. The Morgan fingerprint density at radius 3 is 2.71 bits per heavy atom. The number of anilines is 2. The molecule has 0 aliphatic heterocycles. The van der Waals surface area contributed by atoms with Crippen molar-refractivity contribution in [2.75, 3.05) is 11.1 Å². The van der Waals surface area contributed by atoms with E-state index in [2.05, 4.69) is 10.3 Å². The number of amides is 1. The summed E-state index contributed by atoms with van der Waals surface area (Å²) in [5, 5.41) is 13.7. The maximum atomic E-state index is 12.1. The number of nitrogens with one attached hydrogen (secondary N) is 1. The van der Waals surface area contributed by atoms with Gasteiger partial charge in [0, 0.05) is 17.2 Å². The predicted molar refractivity (Wildman–Crippen MR) is 81.7 cm³/mol. The standard InChI is InChI=1S/C13H14N4O3S/c1-7(2)10-12(17(19)20)21-13(15-10)16-11(18)8-4-3-5-9(14)6-8/h3-7H,14H2,1-2H3,(H,15,16,18). The van der Waals surface area contributed by atoms with E-state index in [1.54, 1.807) is 18.2 Å². The Labute approximate surface area is 125 Å². The summed E-state index contributed by atoms with van der Waals surface area (Å²) in [6.45, 7) is 3.62. The molecule has 1 amide bonds. The zero-order valence-corrected chi connectivity index (χ0v) is 12.3. The summed E-state index contributed by atoms with van der Waals surface area (Å²) in [4.78, 5) is 26.7. The van der Waals surface area contributed by atoms with Crippen LogP contribution in [0.5, 0.6) is 0 Å². The zero-order chi connectivity index (χ0) is 15.6. The molecule has 7 nitrogen and oxygen atoms in total. The van der Waals surface area contributed by atoms with Crippen molar-refractivity contribution in [3.05, 3.63) is 45.6 Å². The smallest absolute Gasteiger partial charge is 0.349 e. The van der Waals surface area contributed by atoms with Crippen LogP contribution in [0.15, 0.2) is 24.3 Å². The molecular formula is C13H14N4O3S. The van der Waals surface area contributed by atoms with Crippen LogP contribution >= 0.6 is 11.3 Å². The maximum absolute atomic E-state index is 12.1. The van der Waals surface area contributed by atoms with E-state index >= 15 is 0 Å². The molecule has 0 radical (unpaired) electrons. The van der Waals surface area contributed by atoms with Crippen molar-refractivity contribution in [3.8, 4) is 0 Å². The average Bonchev–Trinajstić information content (AvgIpc) is 2.83. The van der Waals surface area contributed by atoms with Gasteiger partial charge >= 0.3 is 5.00 Å². The second-order valence-corrected chi connectivity index (χ2v) is 5.68. The number of carbonyl (C=O) groups is 1. The van der Waals surface area contributed by atoms with Gasteiger partial charge in [0.15, 0.2) is 5.13 Å². The molecule has 0 aliphatic rings. The molecule has 1 aromatic carbocycles. The molecule has 0 saturated heterocycles. The molecule has 0 fully saturated rings. The fraction of sp³-hybridized carbons (Fsp3) is 0.231. The van der Waals surface area contributed by atoms with Gasteiger partial charge in [0.25, 0.3) is 5.91 Å². The van der Waals surface area contributed by atoms with E-state index in [-0.39, 0.29) is 16.1 Å². The van der Waals surface area contributed by atoms with Crippen LogP contribution in [0, 0.1) is 10.1 Å². The highest BCUT2D eigenvalue weighted by molar-refractivity contribution is 7.19. The Kier molecular flexibility index (Phi) is 4.18. The van der Waals surface area contributed by atoms with Crippen molar-refractivity contribution in [2.24, 2.45) is 0 Å². The largest absolute Gasteiger partial charge is 0.399 e. The monoisotopic (exact) mass is 306 g/mol. The average molecular weight is 306 g/mol. The molecule has 0 spiro atoms. The first kappa shape index (κ1) is 14.9. The van der Waals surface area contributed by atoms with Crippen LogP contribution in [-0.4, -0.2) is 15.8 Å². The van der Waals surface area contributed by atoms with E-state index in [0.717, 1.165) is 11.3 Å². The van der Waals surface area contributed by atoms with Gasteiger partial charge in [-0.3, -0.25) is 20.2 Å². The van der Waals surface area contributed by atoms with Gasteiger partial charge in [-0.15, -0.1) is 0 Å². The van der Waals surface area contributed by atoms with Crippen molar-refractivity contribution >= 4 is 33.1 Å². The molecular weight excluding hydrogens is 292 g/mol. The zero-order valence-electron chi connectivity index (χ0n) is 11.5. The molecule has 8 heteroatoms. The summed E-state index contributed by atoms with van der Waals surface area (Å²) < 4.78 is 0. The number of nitrogen functional groups attached to an aromatic ring is 1. The fourth-order valence-corrected chi connectivity index (χ4v) is 2.66. The van der Waals surface area contributed by atoms with Gasteiger partial charge in [-0.25, -0.2) is 4.98 Å². The van der Waals surface area contributed by atoms with Crippen molar-refractivity contribution in [1.82, 2.24) is 4.98 Å². The molecule has 110 valence electrons. The lowest BCUT2D eigenvalue weighted by Crippen LogP contribution is -2.12. The van der Waals surface area contributed by atoms with Gasteiger partial charge in [-0.2, -0.15) is 0 Å². The summed E-state index contributed by atoms with van der Waals surface area (Å²) in [5.41, 5.74) is 6.83. The van der Waals surface area contributed by atoms with Crippen LogP contribution in [0.2, 0.25) is 0 Å². The Morgan fingerprint density at radius 1 is 1.48 bits per heavy atom. The Balaban J connectivity index is 2.26. The number of nitro groups is 1. The highest BCUT2D eigenvalue weighted by atomic mass is 32.1. The van der Waals surface area contributed by atoms with E-state index in [1.807, 2.05) is 13.8 Å². The van der Waals surface area contributed by atoms with Gasteiger partial charge in [-0.1, -0.05) is 19.9 Å². The lowest BCUT2D eigenvalue weighted by Gasteiger charge is -2.02. The summed E-state index contributed by atoms with van der Waals surface area (Å²) in [6, 6.07) is 6.47. The van der Waals surface area contributed by atoms with Gasteiger partial charge in [0.1, 0.15) is 5.69 Å². The minimum atomic E-state index is -0.483. The van der Waals surface area contributed by atoms with E-state index in [4.69, 9.17) is 5.73 Å². The van der Waals surface area contributed by atoms with Crippen LogP contribution in [0.25, 0.3) is 0 Å². The highest BCUT2D eigenvalue weighted by Gasteiger charge is 2.24. The summed E-state index contributed by atoms with van der Waals surface area (Å²) in [7, 11) is 0. The third kappa shape index (κ3) is 3.34. The molecule has 2 rings (SSSR count). The van der Waals surface area contributed by atoms with Crippen LogP contribution in [0.3, 0.4) is 0 Å².